The molecule has 1 heterocycles. The van der Waals surface area contributed by atoms with E-state index in [1.807, 2.05) is 6.92 Å². The molecule has 1 unspecified atom stereocenters. The molecule has 1 amide bonds. The first-order valence-corrected chi connectivity index (χ1v) is 11.9. The second-order valence-electron chi connectivity index (χ2n) is 9.20. The second kappa shape index (κ2) is 6.74. The van der Waals surface area contributed by atoms with E-state index in [-0.39, 0.29) is 23.2 Å². The predicted octanol–water partition coefficient (Wildman–Crippen LogP) is 1.43. The summed E-state index contributed by atoms with van der Waals surface area (Å²) in [5, 5.41) is 3.46. The van der Waals surface area contributed by atoms with E-state index in [0.717, 1.165) is 17.8 Å². The average molecular weight is 384 g/mol. The first-order chi connectivity index (χ1) is 12.3. The molecule has 5 rings (SSSR count). The lowest BCUT2D eigenvalue weighted by atomic mass is 9.53. The van der Waals surface area contributed by atoms with Crippen molar-refractivity contribution in [2.24, 2.45) is 17.8 Å². The molecule has 4 saturated carbocycles. The van der Waals surface area contributed by atoms with Gasteiger partial charge in [-0.15, -0.1) is 0 Å². The summed E-state index contributed by atoms with van der Waals surface area (Å²) >= 11 is 0. The van der Waals surface area contributed by atoms with Crippen LogP contribution in [0.5, 0.6) is 0 Å². The largest absolute Gasteiger partial charge is 0.349 e. The van der Waals surface area contributed by atoms with Crippen LogP contribution in [0.4, 0.5) is 0 Å². The summed E-state index contributed by atoms with van der Waals surface area (Å²) in [6, 6.07) is -0.186. The first-order valence-electron chi connectivity index (χ1n) is 10.3. The van der Waals surface area contributed by atoms with Crippen LogP contribution in [0.15, 0.2) is 0 Å². The molecule has 0 aromatic heterocycles. The SMILES string of the molecule is CCS(=O)(=O)N1CCN(C(C)C(=O)NC23CC4CC(CC(C4)C2)C3)CC1. The zero-order chi connectivity index (χ0) is 18.5. The zero-order valence-corrected chi connectivity index (χ0v) is 16.9. The van der Waals surface area contributed by atoms with Gasteiger partial charge in [-0.25, -0.2) is 8.42 Å². The van der Waals surface area contributed by atoms with Gasteiger partial charge in [0.2, 0.25) is 15.9 Å². The van der Waals surface area contributed by atoms with Gasteiger partial charge in [-0.1, -0.05) is 0 Å². The van der Waals surface area contributed by atoms with Crippen LogP contribution in [-0.4, -0.2) is 67.0 Å². The van der Waals surface area contributed by atoms with Crippen molar-refractivity contribution in [2.45, 2.75) is 64.0 Å². The van der Waals surface area contributed by atoms with E-state index in [1.165, 1.54) is 38.5 Å². The van der Waals surface area contributed by atoms with Gasteiger partial charge in [0, 0.05) is 31.7 Å². The highest BCUT2D eigenvalue weighted by atomic mass is 32.2. The number of rotatable bonds is 5. The molecular formula is C19H33N3O3S. The molecule has 4 aliphatic carbocycles. The maximum atomic E-state index is 13.0. The Bertz CT molecular complexity index is 620. The minimum atomic E-state index is -3.12. The molecule has 6 nitrogen and oxygen atoms in total. The maximum absolute atomic E-state index is 13.0. The summed E-state index contributed by atoms with van der Waals surface area (Å²) < 4.78 is 25.6. The van der Waals surface area contributed by atoms with Gasteiger partial charge in [0.25, 0.3) is 0 Å². The third kappa shape index (κ3) is 3.42. The van der Waals surface area contributed by atoms with Crippen LogP contribution in [0.1, 0.15) is 52.4 Å². The van der Waals surface area contributed by atoms with Gasteiger partial charge in [0.05, 0.1) is 11.8 Å². The number of piperazine rings is 1. The van der Waals surface area contributed by atoms with Crippen LogP contribution in [0.3, 0.4) is 0 Å². The van der Waals surface area contributed by atoms with Crippen LogP contribution in [-0.2, 0) is 14.8 Å². The van der Waals surface area contributed by atoms with Gasteiger partial charge in [-0.3, -0.25) is 9.69 Å². The topological polar surface area (TPSA) is 69.7 Å². The highest BCUT2D eigenvalue weighted by molar-refractivity contribution is 7.89. The van der Waals surface area contributed by atoms with E-state index in [1.54, 1.807) is 11.2 Å². The molecule has 0 aromatic carbocycles. The summed E-state index contributed by atoms with van der Waals surface area (Å²) in [5.41, 5.74) is 0.0491. The van der Waals surface area contributed by atoms with Crippen LogP contribution in [0.25, 0.3) is 0 Å². The van der Waals surface area contributed by atoms with Crippen molar-refractivity contribution >= 4 is 15.9 Å². The van der Waals surface area contributed by atoms with E-state index in [2.05, 4.69) is 10.2 Å². The van der Waals surface area contributed by atoms with Crippen molar-refractivity contribution in [1.82, 2.24) is 14.5 Å². The molecular weight excluding hydrogens is 350 g/mol. The second-order valence-corrected chi connectivity index (χ2v) is 11.5. The van der Waals surface area contributed by atoms with Gasteiger partial charge in [-0.05, 0) is 70.1 Å². The van der Waals surface area contributed by atoms with Crippen LogP contribution in [0.2, 0.25) is 0 Å². The lowest BCUT2D eigenvalue weighted by molar-refractivity contribution is -0.132. The lowest BCUT2D eigenvalue weighted by Gasteiger charge is -2.57. The number of sulfonamides is 1. The smallest absolute Gasteiger partial charge is 0.237 e. The molecule has 0 radical (unpaired) electrons. The minimum absolute atomic E-state index is 0.0491. The van der Waals surface area contributed by atoms with Crippen LogP contribution in [0, 0.1) is 17.8 Å². The normalized spacial score (nSPS) is 39.1. The Labute approximate surface area is 157 Å². The van der Waals surface area contributed by atoms with Crippen LogP contribution >= 0.6 is 0 Å². The van der Waals surface area contributed by atoms with Crippen molar-refractivity contribution in [3.05, 3.63) is 0 Å². The average Bonchev–Trinajstić information content (AvgIpc) is 2.59. The molecule has 0 spiro atoms. The number of hydrogen-bond donors (Lipinski definition) is 1. The predicted molar refractivity (Wildman–Crippen MR) is 101 cm³/mol. The molecule has 1 aliphatic heterocycles. The highest BCUT2D eigenvalue weighted by Crippen LogP contribution is 2.55. The Morgan fingerprint density at radius 2 is 1.54 bits per heavy atom. The number of carbonyl (C=O) groups excluding carboxylic acids is 1. The Balaban J connectivity index is 1.34. The van der Waals surface area contributed by atoms with E-state index in [4.69, 9.17) is 0 Å². The fourth-order valence-electron chi connectivity index (χ4n) is 6.35. The molecule has 1 saturated heterocycles. The minimum Gasteiger partial charge on any atom is -0.349 e. The monoisotopic (exact) mass is 383 g/mol. The number of carbonyl (C=O) groups is 1. The fraction of sp³-hybridized carbons (Fsp3) is 0.947. The van der Waals surface area contributed by atoms with E-state index in [9.17, 15) is 13.2 Å². The number of hydrogen-bond acceptors (Lipinski definition) is 4. The molecule has 1 atom stereocenters. The molecule has 0 aromatic rings. The molecule has 5 fully saturated rings. The summed E-state index contributed by atoms with van der Waals surface area (Å²) in [4.78, 5) is 15.1. The third-order valence-corrected chi connectivity index (χ3v) is 9.27. The fourth-order valence-corrected chi connectivity index (χ4v) is 7.43. The maximum Gasteiger partial charge on any atom is 0.237 e. The Morgan fingerprint density at radius 3 is 2.00 bits per heavy atom. The van der Waals surface area contributed by atoms with Crippen molar-refractivity contribution in [3.8, 4) is 0 Å². The van der Waals surface area contributed by atoms with Gasteiger partial charge in [0.1, 0.15) is 0 Å². The summed E-state index contributed by atoms with van der Waals surface area (Å²) in [7, 11) is -3.12. The van der Waals surface area contributed by atoms with Crippen molar-refractivity contribution in [3.63, 3.8) is 0 Å². The molecule has 148 valence electrons. The molecule has 7 heteroatoms. The summed E-state index contributed by atoms with van der Waals surface area (Å²) in [6.07, 6.45) is 7.62. The Hall–Kier alpha value is -0.660. The van der Waals surface area contributed by atoms with E-state index < -0.39 is 10.0 Å². The van der Waals surface area contributed by atoms with Crippen LogP contribution < -0.4 is 5.32 Å². The Kier molecular flexibility index (Phi) is 4.85. The summed E-state index contributed by atoms with van der Waals surface area (Å²) in [5.74, 6) is 2.74. The highest BCUT2D eigenvalue weighted by Gasteiger charge is 2.51. The molecule has 1 N–H and O–H groups in total. The Morgan fingerprint density at radius 1 is 1.04 bits per heavy atom. The quantitative estimate of drug-likeness (QED) is 0.780. The van der Waals surface area contributed by atoms with E-state index in [0.29, 0.717) is 26.2 Å². The lowest BCUT2D eigenvalue weighted by Crippen LogP contribution is -2.63. The van der Waals surface area contributed by atoms with Crippen molar-refractivity contribution in [1.29, 1.82) is 0 Å². The van der Waals surface area contributed by atoms with Gasteiger partial charge < -0.3 is 5.32 Å². The van der Waals surface area contributed by atoms with E-state index >= 15 is 0 Å². The summed E-state index contributed by atoms with van der Waals surface area (Å²) in [6.45, 7) is 5.91. The van der Waals surface area contributed by atoms with Crippen molar-refractivity contribution < 1.29 is 13.2 Å². The standard InChI is InChI=1S/C19H33N3O3S/c1-3-26(24,25)22-6-4-21(5-7-22)14(2)18(23)20-19-11-15-8-16(12-19)10-17(9-15)13-19/h14-17H,3-13H2,1-2H3,(H,20,23). The zero-order valence-electron chi connectivity index (χ0n) is 16.1. The van der Waals surface area contributed by atoms with Gasteiger partial charge >= 0.3 is 0 Å². The number of nitrogens with zero attached hydrogens (tertiary/aromatic N) is 2. The molecule has 5 aliphatic rings. The third-order valence-electron chi connectivity index (χ3n) is 7.39. The first kappa shape index (κ1) is 18.7. The van der Waals surface area contributed by atoms with Gasteiger partial charge in [-0.2, -0.15) is 4.31 Å². The number of amides is 1. The molecule has 4 bridgehead atoms. The number of nitrogens with one attached hydrogen (secondary N) is 1. The molecule has 26 heavy (non-hydrogen) atoms. The van der Waals surface area contributed by atoms with Crippen molar-refractivity contribution in [2.75, 3.05) is 31.9 Å². The van der Waals surface area contributed by atoms with Gasteiger partial charge in [0.15, 0.2) is 0 Å².